The molecule has 0 unspecified atom stereocenters. The van der Waals surface area contributed by atoms with Gasteiger partial charge < -0.3 is 4.90 Å². The number of hydrogen-bond donors (Lipinski definition) is 0. The Balaban J connectivity index is 0.00000180. The van der Waals surface area contributed by atoms with Crippen molar-refractivity contribution >= 4 is 17.4 Å². The van der Waals surface area contributed by atoms with E-state index in [2.05, 4.69) is 18.0 Å². The van der Waals surface area contributed by atoms with Crippen LogP contribution in [-0.4, -0.2) is 10.9 Å². The Hall–Kier alpha value is -1.24. The minimum atomic E-state index is -0.0268. The molecule has 4 heteroatoms. The van der Waals surface area contributed by atoms with E-state index in [4.69, 9.17) is 0 Å². The molecule has 94 valence electrons. The van der Waals surface area contributed by atoms with Gasteiger partial charge in [0.05, 0.1) is 0 Å². The first-order chi connectivity index (χ1) is 8.74. The Kier molecular flexibility index (Phi) is 6.14. The van der Waals surface area contributed by atoms with E-state index in [1.165, 1.54) is 0 Å². The summed E-state index contributed by atoms with van der Waals surface area (Å²) >= 11 is 0. The predicted octanol–water partition coefficient (Wildman–Crippen LogP) is 3.14. The average Bonchev–Trinajstić information content (AvgIpc) is 2.42. The van der Waals surface area contributed by atoms with Gasteiger partial charge in [-0.15, -0.1) is 6.07 Å². The number of aromatic nitrogens is 1. The van der Waals surface area contributed by atoms with Gasteiger partial charge in [0.1, 0.15) is 0 Å². The second kappa shape index (κ2) is 7.38. The zero-order chi connectivity index (χ0) is 13.0. The number of amides is 1. The molecular weight excluding hydrogens is 462 g/mol. The monoisotopic (exact) mass is 476 g/mol. The molecule has 19 heavy (non-hydrogen) atoms. The smallest absolute Gasteiger partial charge is 0.336 e. The van der Waals surface area contributed by atoms with Gasteiger partial charge in [-0.05, 0) is 0 Å². The van der Waals surface area contributed by atoms with Crippen molar-refractivity contribution in [2.45, 2.75) is 13.3 Å². The first kappa shape index (κ1) is 15.8. The normalized spacial score (nSPS) is 9.53. The van der Waals surface area contributed by atoms with Gasteiger partial charge in [0.15, 0.2) is 0 Å². The van der Waals surface area contributed by atoms with E-state index < -0.39 is 0 Å². The van der Waals surface area contributed by atoms with Crippen molar-refractivity contribution < 1.29 is 35.9 Å². The average molecular weight is 476 g/mol. The number of pyridine rings is 1. The van der Waals surface area contributed by atoms with Crippen LogP contribution in [0.5, 0.6) is 0 Å². The molecule has 1 heterocycles. The molecule has 0 bridgehead atoms. The van der Waals surface area contributed by atoms with Crippen molar-refractivity contribution in [3.63, 3.8) is 0 Å². The maximum Gasteiger partial charge on any atom is 2.00 e. The molecule has 0 radical (unpaired) electrons. The molecule has 0 saturated heterocycles. The van der Waals surface area contributed by atoms with Crippen LogP contribution in [0, 0.1) is 44.1 Å². The van der Waals surface area contributed by atoms with E-state index in [1.54, 1.807) is 23.2 Å². The number of benzene rings is 1. The van der Waals surface area contributed by atoms with E-state index in [-0.39, 0.29) is 37.0 Å². The Morgan fingerprint density at radius 1 is 1.37 bits per heavy atom. The number of anilines is 2. The summed E-state index contributed by atoms with van der Waals surface area (Å²) in [5.41, 5.74) is 1.54. The van der Waals surface area contributed by atoms with Crippen molar-refractivity contribution in [2.75, 3.05) is 4.90 Å². The molecule has 0 fully saturated rings. The van der Waals surface area contributed by atoms with Crippen LogP contribution in [0.2, 0.25) is 0 Å². The minimum Gasteiger partial charge on any atom is -0.336 e. The molecule has 3 nitrogen and oxygen atoms in total. The number of para-hydroxylation sites is 1. The molecule has 1 amide bonds. The van der Waals surface area contributed by atoms with E-state index in [0.717, 1.165) is 11.3 Å². The summed E-state index contributed by atoms with van der Waals surface area (Å²) in [7, 11) is 0. The summed E-state index contributed by atoms with van der Waals surface area (Å²) in [5, 5.41) is 0. The van der Waals surface area contributed by atoms with E-state index >= 15 is 0 Å². The second-order valence-electron chi connectivity index (χ2n) is 3.82. The molecule has 2 rings (SSSR count). The Labute approximate surface area is 137 Å². The molecule has 0 saturated carbocycles. The van der Waals surface area contributed by atoms with Crippen LogP contribution in [0.4, 0.5) is 11.5 Å². The van der Waals surface area contributed by atoms with E-state index in [1.807, 2.05) is 31.2 Å². The van der Waals surface area contributed by atoms with Crippen LogP contribution >= 0.6 is 0 Å². The third-order valence-electron chi connectivity index (χ3n) is 2.59. The van der Waals surface area contributed by atoms with Gasteiger partial charge in [0.25, 0.3) is 0 Å². The summed E-state index contributed by atoms with van der Waals surface area (Å²) in [6.07, 6.45) is 2.05. The summed E-state index contributed by atoms with van der Waals surface area (Å²) in [5.74, 6) is 0.474. The van der Waals surface area contributed by atoms with E-state index in [9.17, 15) is 4.79 Å². The Bertz CT molecular complexity index is 543. The SMILES string of the molecule is [CH2-]c1ccccc1N(C(=O)CC)c1[c-]cccn1.[U+2]. The second-order valence-corrected chi connectivity index (χ2v) is 3.82. The van der Waals surface area contributed by atoms with Crippen molar-refractivity contribution in [1.29, 1.82) is 0 Å². The summed E-state index contributed by atoms with van der Waals surface area (Å²) < 4.78 is 0. The van der Waals surface area contributed by atoms with Crippen LogP contribution in [0.25, 0.3) is 0 Å². The zero-order valence-electron chi connectivity index (χ0n) is 10.8. The standard InChI is InChI=1S/C15H14N2O.U/c1-3-15(18)17(14-10-6-7-11-16-14)13-9-5-4-8-12(13)2;/h4-9,11H,2-3H2,1H3;/q-2;+2. The number of carbonyl (C=O) groups excluding carboxylic acids is 1. The van der Waals surface area contributed by atoms with Gasteiger partial charge >= 0.3 is 31.1 Å². The van der Waals surface area contributed by atoms with Crippen LogP contribution < -0.4 is 4.90 Å². The summed E-state index contributed by atoms with van der Waals surface area (Å²) in [6, 6.07) is 14.0. The molecule has 1 aromatic heterocycles. The molecular formula is C15H14N2OU. The fourth-order valence-corrected chi connectivity index (χ4v) is 1.69. The maximum atomic E-state index is 12.1. The molecule has 0 aliphatic carbocycles. The summed E-state index contributed by atoms with van der Waals surface area (Å²) in [4.78, 5) is 17.8. The van der Waals surface area contributed by atoms with Crippen molar-refractivity contribution in [1.82, 2.24) is 4.98 Å². The third kappa shape index (κ3) is 3.62. The van der Waals surface area contributed by atoms with E-state index in [0.29, 0.717) is 12.2 Å². The number of nitrogens with zero attached hydrogens (tertiary/aromatic N) is 2. The zero-order valence-corrected chi connectivity index (χ0v) is 14.9. The van der Waals surface area contributed by atoms with Crippen molar-refractivity contribution in [3.8, 4) is 0 Å². The first-order valence-corrected chi connectivity index (χ1v) is 5.80. The largest absolute Gasteiger partial charge is 2.00 e. The third-order valence-corrected chi connectivity index (χ3v) is 2.59. The number of rotatable bonds is 3. The fourth-order valence-electron chi connectivity index (χ4n) is 1.69. The van der Waals surface area contributed by atoms with Crippen molar-refractivity contribution in [2.24, 2.45) is 0 Å². The molecule has 0 spiro atoms. The van der Waals surface area contributed by atoms with Crippen molar-refractivity contribution in [3.05, 3.63) is 61.1 Å². The molecule has 0 N–H and O–H groups in total. The quantitative estimate of drug-likeness (QED) is 0.639. The molecule has 2 aromatic rings. The van der Waals surface area contributed by atoms with Crippen LogP contribution in [-0.2, 0) is 4.79 Å². The van der Waals surface area contributed by atoms with Crippen LogP contribution in [0.3, 0.4) is 0 Å². The molecule has 0 atom stereocenters. The Morgan fingerprint density at radius 2 is 2.11 bits per heavy atom. The fraction of sp³-hybridized carbons (Fsp3) is 0.133. The van der Waals surface area contributed by atoms with Gasteiger partial charge in [-0.2, -0.15) is 24.6 Å². The molecule has 0 aliphatic heterocycles. The van der Waals surface area contributed by atoms with Gasteiger partial charge in [-0.1, -0.05) is 30.9 Å². The number of hydrogen-bond acceptors (Lipinski definition) is 2. The topological polar surface area (TPSA) is 33.2 Å². The summed E-state index contributed by atoms with van der Waals surface area (Å²) in [6.45, 7) is 5.77. The molecule has 0 aliphatic rings. The van der Waals surface area contributed by atoms with Gasteiger partial charge in [0.2, 0.25) is 5.91 Å². The van der Waals surface area contributed by atoms with Gasteiger partial charge in [-0.25, -0.2) is 12.1 Å². The molecule has 1 aromatic carbocycles. The minimum absolute atomic E-state index is 0. The Morgan fingerprint density at radius 3 is 2.68 bits per heavy atom. The van der Waals surface area contributed by atoms with Crippen LogP contribution in [0.15, 0.2) is 42.6 Å². The number of carbonyl (C=O) groups is 1. The van der Waals surface area contributed by atoms with Gasteiger partial charge in [0, 0.05) is 12.2 Å². The predicted molar refractivity (Wildman–Crippen MR) is 71.4 cm³/mol. The van der Waals surface area contributed by atoms with Gasteiger partial charge in [-0.3, -0.25) is 9.78 Å². The maximum absolute atomic E-state index is 12.1. The van der Waals surface area contributed by atoms with Crippen LogP contribution in [0.1, 0.15) is 18.9 Å². The first-order valence-electron chi connectivity index (χ1n) is 5.80.